The average molecular weight is 268 g/mol. The van der Waals surface area contributed by atoms with Crippen molar-refractivity contribution in [2.75, 3.05) is 7.11 Å². The minimum atomic E-state index is -0.303. The Labute approximate surface area is 116 Å². The summed E-state index contributed by atoms with van der Waals surface area (Å²) in [6, 6.07) is 13.9. The first-order valence-corrected chi connectivity index (χ1v) is 6.77. The molecule has 2 aromatic rings. The van der Waals surface area contributed by atoms with E-state index in [1.807, 2.05) is 30.3 Å². The van der Waals surface area contributed by atoms with E-state index in [1.54, 1.807) is 17.8 Å². The number of hydrogen-bond acceptors (Lipinski definition) is 3. The summed E-state index contributed by atoms with van der Waals surface area (Å²) in [5.74, 6) is -0.303. The van der Waals surface area contributed by atoms with Gasteiger partial charge in [0.15, 0.2) is 0 Å². The zero-order valence-electron chi connectivity index (χ0n) is 10.4. The molecule has 94 valence electrons. The third-order valence-corrected chi connectivity index (χ3v) is 4.20. The molecule has 0 amide bonds. The van der Waals surface area contributed by atoms with Crippen molar-refractivity contribution in [2.24, 2.45) is 0 Å². The van der Waals surface area contributed by atoms with Crippen LogP contribution in [-0.2, 0) is 4.74 Å². The normalized spacial score (nSPS) is 12.3. The van der Waals surface area contributed by atoms with Crippen molar-refractivity contribution in [1.29, 1.82) is 0 Å². The number of carbonyl (C=O) groups is 1. The van der Waals surface area contributed by atoms with Crippen LogP contribution < -0.4 is 0 Å². The van der Waals surface area contributed by atoms with E-state index in [9.17, 15) is 4.79 Å². The summed E-state index contributed by atoms with van der Waals surface area (Å²) >= 11 is 1.72. The molecule has 0 aliphatic carbocycles. The van der Waals surface area contributed by atoms with Gasteiger partial charge >= 0.3 is 5.97 Å². The fraction of sp³-hybridized carbons (Fsp3) is 0.0625. The molecule has 1 aliphatic rings. The second kappa shape index (κ2) is 4.94. The topological polar surface area (TPSA) is 26.3 Å². The van der Waals surface area contributed by atoms with Gasteiger partial charge in [0.05, 0.1) is 12.7 Å². The maximum absolute atomic E-state index is 11.6. The van der Waals surface area contributed by atoms with Crippen LogP contribution in [0.25, 0.3) is 12.2 Å². The lowest BCUT2D eigenvalue weighted by molar-refractivity contribution is 0.0600. The molecule has 2 aromatic carbocycles. The fourth-order valence-corrected chi connectivity index (χ4v) is 3.04. The highest BCUT2D eigenvalue weighted by atomic mass is 32.2. The number of methoxy groups -OCH3 is 1. The van der Waals surface area contributed by atoms with Gasteiger partial charge in [-0.15, -0.1) is 0 Å². The van der Waals surface area contributed by atoms with Gasteiger partial charge in [0, 0.05) is 9.79 Å². The van der Waals surface area contributed by atoms with Crippen molar-refractivity contribution in [3.05, 3.63) is 59.2 Å². The van der Waals surface area contributed by atoms with Crippen LogP contribution in [0.15, 0.2) is 52.3 Å². The lowest BCUT2D eigenvalue weighted by Crippen LogP contribution is -2.01. The molecule has 0 unspecified atom stereocenters. The van der Waals surface area contributed by atoms with Gasteiger partial charge in [0.2, 0.25) is 0 Å². The highest BCUT2D eigenvalue weighted by molar-refractivity contribution is 7.99. The fourth-order valence-electron chi connectivity index (χ4n) is 2.03. The zero-order valence-corrected chi connectivity index (χ0v) is 11.2. The van der Waals surface area contributed by atoms with E-state index in [-0.39, 0.29) is 5.97 Å². The molecule has 0 fully saturated rings. The number of benzene rings is 2. The van der Waals surface area contributed by atoms with Gasteiger partial charge in [-0.2, -0.15) is 0 Å². The highest BCUT2D eigenvalue weighted by Crippen LogP contribution is 2.37. The second-order valence-corrected chi connectivity index (χ2v) is 5.30. The molecular formula is C16H12O2S. The minimum Gasteiger partial charge on any atom is -0.465 e. The van der Waals surface area contributed by atoms with Crippen LogP contribution in [0.1, 0.15) is 21.5 Å². The largest absolute Gasteiger partial charge is 0.465 e. The molecule has 3 heteroatoms. The first-order chi connectivity index (χ1) is 9.28. The molecular weight excluding hydrogens is 256 g/mol. The van der Waals surface area contributed by atoms with Crippen molar-refractivity contribution >= 4 is 29.9 Å². The first-order valence-electron chi connectivity index (χ1n) is 5.95. The van der Waals surface area contributed by atoms with Gasteiger partial charge in [0.1, 0.15) is 0 Å². The van der Waals surface area contributed by atoms with Crippen molar-refractivity contribution in [2.45, 2.75) is 9.79 Å². The molecule has 0 aromatic heterocycles. The van der Waals surface area contributed by atoms with Gasteiger partial charge < -0.3 is 4.74 Å². The summed E-state index contributed by atoms with van der Waals surface area (Å²) in [5, 5.41) is 0. The monoisotopic (exact) mass is 268 g/mol. The van der Waals surface area contributed by atoms with Gasteiger partial charge in [-0.1, -0.05) is 42.1 Å². The number of esters is 1. The van der Waals surface area contributed by atoms with E-state index >= 15 is 0 Å². The van der Waals surface area contributed by atoms with Crippen LogP contribution in [0, 0.1) is 0 Å². The molecule has 1 heterocycles. The quantitative estimate of drug-likeness (QED) is 0.621. The summed E-state index contributed by atoms with van der Waals surface area (Å²) in [6.07, 6.45) is 4.12. The summed E-state index contributed by atoms with van der Waals surface area (Å²) in [6.45, 7) is 0. The Morgan fingerprint density at radius 3 is 2.58 bits per heavy atom. The minimum absolute atomic E-state index is 0.303. The van der Waals surface area contributed by atoms with Gasteiger partial charge in [-0.05, 0) is 35.4 Å². The SMILES string of the molecule is COC(=O)c1ccc2c(c1)C=Cc1ccccc1S2. The molecule has 0 bridgehead atoms. The van der Waals surface area contributed by atoms with Crippen molar-refractivity contribution in [3.8, 4) is 0 Å². The number of fused-ring (bicyclic) bond motifs is 2. The molecule has 0 atom stereocenters. The van der Waals surface area contributed by atoms with Crippen molar-refractivity contribution < 1.29 is 9.53 Å². The Morgan fingerprint density at radius 2 is 1.74 bits per heavy atom. The van der Waals surface area contributed by atoms with E-state index in [0.29, 0.717) is 5.56 Å². The summed E-state index contributed by atoms with van der Waals surface area (Å²) in [7, 11) is 1.40. The Morgan fingerprint density at radius 1 is 1.00 bits per heavy atom. The van der Waals surface area contributed by atoms with Gasteiger partial charge in [-0.25, -0.2) is 4.79 Å². The van der Waals surface area contributed by atoms with E-state index < -0.39 is 0 Å². The van der Waals surface area contributed by atoms with E-state index in [2.05, 4.69) is 18.2 Å². The molecule has 0 radical (unpaired) electrons. The highest BCUT2D eigenvalue weighted by Gasteiger charge is 2.12. The van der Waals surface area contributed by atoms with E-state index in [4.69, 9.17) is 4.74 Å². The molecule has 3 rings (SSSR count). The Bertz CT molecular complexity index is 674. The van der Waals surface area contributed by atoms with Crippen molar-refractivity contribution in [3.63, 3.8) is 0 Å². The maximum Gasteiger partial charge on any atom is 0.337 e. The lowest BCUT2D eigenvalue weighted by Gasteiger charge is -2.06. The molecule has 2 nitrogen and oxygen atoms in total. The van der Waals surface area contributed by atoms with Crippen LogP contribution in [0.5, 0.6) is 0 Å². The number of ether oxygens (including phenoxy) is 1. The molecule has 19 heavy (non-hydrogen) atoms. The Balaban J connectivity index is 2.06. The van der Waals surface area contributed by atoms with Gasteiger partial charge in [0.25, 0.3) is 0 Å². The molecule has 0 saturated carbocycles. The second-order valence-electron chi connectivity index (χ2n) is 4.22. The predicted octanol–water partition coefficient (Wildman–Crippen LogP) is 4.11. The van der Waals surface area contributed by atoms with E-state index in [0.717, 1.165) is 10.5 Å². The molecule has 0 saturated heterocycles. The maximum atomic E-state index is 11.6. The summed E-state index contributed by atoms with van der Waals surface area (Å²) < 4.78 is 4.75. The van der Waals surface area contributed by atoms with Crippen LogP contribution in [0.2, 0.25) is 0 Å². The zero-order chi connectivity index (χ0) is 13.2. The lowest BCUT2D eigenvalue weighted by atomic mass is 10.1. The van der Waals surface area contributed by atoms with Crippen LogP contribution in [0.3, 0.4) is 0 Å². The third kappa shape index (κ3) is 2.29. The van der Waals surface area contributed by atoms with Crippen LogP contribution in [0.4, 0.5) is 0 Å². The molecule has 0 N–H and O–H groups in total. The molecule has 0 spiro atoms. The Hall–Kier alpha value is -2.00. The summed E-state index contributed by atoms with van der Waals surface area (Å²) in [5.41, 5.74) is 2.82. The van der Waals surface area contributed by atoms with E-state index in [1.165, 1.54) is 17.6 Å². The first kappa shape index (κ1) is 12.1. The number of hydrogen-bond donors (Lipinski definition) is 0. The third-order valence-electron chi connectivity index (χ3n) is 3.01. The average Bonchev–Trinajstić information content (AvgIpc) is 2.64. The van der Waals surface area contributed by atoms with Gasteiger partial charge in [-0.3, -0.25) is 0 Å². The number of carbonyl (C=O) groups excluding carboxylic acids is 1. The number of rotatable bonds is 1. The summed E-state index contributed by atoms with van der Waals surface area (Å²) in [4.78, 5) is 13.9. The Kier molecular flexibility index (Phi) is 3.13. The van der Waals surface area contributed by atoms with Crippen LogP contribution >= 0.6 is 11.8 Å². The molecule has 1 aliphatic heterocycles. The standard InChI is InChI=1S/C16H12O2S/c1-18-16(17)13-8-9-15-12(10-13)7-6-11-4-2-3-5-14(11)19-15/h2-10H,1H3. The predicted molar refractivity (Wildman–Crippen MR) is 77.3 cm³/mol. The smallest absolute Gasteiger partial charge is 0.337 e. The van der Waals surface area contributed by atoms with Crippen molar-refractivity contribution in [1.82, 2.24) is 0 Å². The van der Waals surface area contributed by atoms with Crippen LogP contribution in [-0.4, -0.2) is 13.1 Å².